The zero-order chi connectivity index (χ0) is 5.56. The largest absolute Gasteiger partial charge is 0.125 e. The number of hydrogen-bond donors (Lipinski definition) is 0. The predicted octanol–water partition coefficient (Wildman–Crippen LogP) is 2.13. The average Bonchev–Trinajstić information content (AvgIpc) is 2.43. The fourth-order valence-electron chi connectivity index (χ4n) is 1.38. The van der Waals surface area contributed by atoms with E-state index in [4.69, 9.17) is 0 Å². The highest BCUT2D eigenvalue weighted by molar-refractivity contribution is 5.26. The molecule has 8 heavy (non-hydrogen) atoms. The van der Waals surface area contributed by atoms with Crippen LogP contribution in [0, 0.1) is 11.8 Å². The molecule has 0 aromatic rings. The predicted molar refractivity (Wildman–Crippen MR) is 33.5 cm³/mol. The van der Waals surface area contributed by atoms with Gasteiger partial charge in [-0.25, -0.2) is 0 Å². The highest BCUT2D eigenvalue weighted by Gasteiger charge is 2.32. The maximum absolute atomic E-state index is 3.30. The molecule has 0 aromatic carbocycles. The topological polar surface area (TPSA) is 0 Å². The summed E-state index contributed by atoms with van der Waals surface area (Å²) in [5.74, 6) is 1.75. The Balaban J connectivity index is 2.30. The third kappa shape index (κ3) is 0.535. The molecular formula is C8H10. The molecule has 0 spiro atoms. The van der Waals surface area contributed by atoms with Crippen molar-refractivity contribution in [3.8, 4) is 0 Å². The second kappa shape index (κ2) is 1.27. The van der Waals surface area contributed by atoms with Crippen LogP contribution in [0.15, 0.2) is 17.4 Å². The maximum Gasteiger partial charge on any atom is -0.00778 e. The minimum atomic E-state index is 0.797. The van der Waals surface area contributed by atoms with Crippen LogP contribution in [0.3, 0.4) is 0 Å². The normalized spacial score (nSPS) is 40.9. The molecule has 2 aliphatic carbocycles. The van der Waals surface area contributed by atoms with Gasteiger partial charge in [0.1, 0.15) is 0 Å². The first-order chi connectivity index (χ1) is 3.86. The van der Waals surface area contributed by atoms with Crippen LogP contribution in [0.1, 0.15) is 19.8 Å². The molecule has 0 nitrogen and oxygen atoms in total. The van der Waals surface area contributed by atoms with Gasteiger partial charge in [0.2, 0.25) is 0 Å². The lowest BCUT2D eigenvalue weighted by molar-refractivity contribution is 0.597. The molecule has 0 bridgehead atoms. The van der Waals surface area contributed by atoms with Crippen LogP contribution < -0.4 is 0 Å². The van der Waals surface area contributed by atoms with Crippen molar-refractivity contribution in [1.82, 2.24) is 0 Å². The van der Waals surface area contributed by atoms with Crippen LogP contribution in [-0.2, 0) is 0 Å². The highest BCUT2D eigenvalue weighted by atomic mass is 14.4. The van der Waals surface area contributed by atoms with Gasteiger partial charge in [0, 0.05) is 0 Å². The Morgan fingerprint density at radius 2 is 2.62 bits per heavy atom. The Labute approximate surface area is 49.9 Å². The number of rotatable bonds is 0. The molecule has 0 N–H and O–H groups in total. The van der Waals surface area contributed by atoms with Gasteiger partial charge in [-0.1, -0.05) is 6.92 Å². The third-order valence-electron chi connectivity index (χ3n) is 2.01. The SMILES string of the molecule is CC1C=C=C2CC2C1. The van der Waals surface area contributed by atoms with Crippen molar-refractivity contribution in [1.29, 1.82) is 0 Å². The van der Waals surface area contributed by atoms with E-state index in [1.807, 2.05) is 0 Å². The molecule has 0 aliphatic heterocycles. The summed E-state index contributed by atoms with van der Waals surface area (Å²) in [6, 6.07) is 0. The minimum Gasteiger partial charge on any atom is -0.125 e. The summed E-state index contributed by atoms with van der Waals surface area (Å²) < 4.78 is 0. The Morgan fingerprint density at radius 1 is 1.75 bits per heavy atom. The van der Waals surface area contributed by atoms with Gasteiger partial charge in [-0.3, -0.25) is 0 Å². The van der Waals surface area contributed by atoms with Crippen molar-refractivity contribution in [2.24, 2.45) is 11.8 Å². The molecular weight excluding hydrogens is 96.1 g/mol. The maximum atomic E-state index is 3.30. The van der Waals surface area contributed by atoms with E-state index >= 15 is 0 Å². The molecule has 0 aromatic heterocycles. The van der Waals surface area contributed by atoms with Crippen LogP contribution in [0.5, 0.6) is 0 Å². The van der Waals surface area contributed by atoms with Gasteiger partial charge in [-0.15, -0.1) is 5.73 Å². The van der Waals surface area contributed by atoms with Gasteiger partial charge in [-0.05, 0) is 36.3 Å². The second-order valence-electron chi connectivity index (χ2n) is 2.95. The summed E-state index contributed by atoms with van der Waals surface area (Å²) in [6.07, 6.45) is 4.95. The van der Waals surface area contributed by atoms with E-state index in [2.05, 4.69) is 18.7 Å². The minimum absolute atomic E-state index is 0.797. The number of hydrogen-bond acceptors (Lipinski definition) is 0. The molecule has 0 heteroatoms. The first-order valence-corrected chi connectivity index (χ1v) is 3.32. The van der Waals surface area contributed by atoms with Crippen molar-refractivity contribution < 1.29 is 0 Å². The number of allylic oxidation sites excluding steroid dienone is 1. The van der Waals surface area contributed by atoms with Gasteiger partial charge in [0.25, 0.3) is 0 Å². The summed E-state index contributed by atoms with van der Waals surface area (Å²) in [4.78, 5) is 0. The van der Waals surface area contributed by atoms with E-state index in [-0.39, 0.29) is 0 Å². The van der Waals surface area contributed by atoms with Crippen molar-refractivity contribution in [3.05, 3.63) is 17.4 Å². The smallest absolute Gasteiger partial charge is 0.00778 e. The lowest BCUT2D eigenvalue weighted by Gasteiger charge is -2.03. The Hall–Kier alpha value is -0.480. The van der Waals surface area contributed by atoms with Crippen molar-refractivity contribution in [2.45, 2.75) is 19.8 Å². The molecule has 0 amide bonds. The summed E-state index contributed by atoms with van der Waals surface area (Å²) in [5.41, 5.74) is 4.87. The first-order valence-electron chi connectivity index (χ1n) is 3.32. The molecule has 1 fully saturated rings. The van der Waals surface area contributed by atoms with Gasteiger partial charge in [0.15, 0.2) is 0 Å². The molecule has 0 heterocycles. The van der Waals surface area contributed by atoms with Crippen LogP contribution >= 0.6 is 0 Å². The summed E-state index contributed by atoms with van der Waals surface area (Å²) in [6.45, 7) is 2.27. The lowest BCUT2D eigenvalue weighted by atomic mass is 10.0. The molecule has 2 unspecified atom stereocenters. The quantitative estimate of drug-likeness (QED) is 0.415. The Morgan fingerprint density at radius 3 is 3.25 bits per heavy atom. The third-order valence-corrected chi connectivity index (χ3v) is 2.01. The lowest BCUT2D eigenvalue weighted by Crippen LogP contribution is -1.92. The molecule has 0 saturated heterocycles. The van der Waals surface area contributed by atoms with E-state index in [1.165, 1.54) is 12.8 Å². The van der Waals surface area contributed by atoms with E-state index in [0.29, 0.717) is 0 Å². The number of fused-ring (bicyclic) bond motifs is 1. The standard InChI is InChI=1S/C8H10/c1-6-2-3-7-5-8(7)4-6/h2,6,8H,4-5H2,1H3. The van der Waals surface area contributed by atoms with Gasteiger partial charge in [-0.2, -0.15) is 0 Å². The van der Waals surface area contributed by atoms with Crippen LogP contribution in [-0.4, -0.2) is 0 Å². The van der Waals surface area contributed by atoms with Crippen molar-refractivity contribution >= 4 is 0 Å². The molecule has 42 valence electrons. The van der Waals surface area contributed by atoms with Gasteiger partial charge >= 0.3 is 0 Å². The van der Waals surface area contributed by atoms with Crippen LogP contribution in [0.25, 0.3) is 0 Å². The van der Waals surface area contributed by atoms with E-state index in [1.54, 1.807) is 5.57 Å². The molecule has 1 saturated carbocycles. The highest BCUT2D eigenvalue weighted by Crippen LogP contribution is 2.44. The summed E-state index contributed by atoms with van der Waals surface area (Å²) in [7, 11) is 0. The van der Waals surface area contributed by atoms with Crippen molar-refractivity contribution in [2.75, 3.05) is 0 Å². The Kier molecular flexibility index (Phi) is 0.698. The first kappa shape index (κ1) is 4.40. The van der Waals surface area contributed by atoms with Crippen LogP contribution in [0.4, 0.5) is 0 Å². The zero-order valence-corrected chi connectivity index (χ0v) is 5.15. The average molecular weight is 106 g/mol. The Bertz CT molecular complexity index is 170. The van der Waals surface area contributed by atoms with Gasteiger partial charge < -0.3 is 0 Å². The van der Waals surface area contributed by atoms with E-state index < -0.39 is 0 Å². The van der Waals surface area contributed by atoms with E-state index in [9.17, 15) is 0 Å². The molecule has 0 radical (unpaired) electrons. The second-order valence-corrected chi connectivity index (χ2v) is 2.95. The summed E-state index contributed by atoms with van der Waals surface area (Å²) in [5, 5.41) is 0. The molecule has 2 atom stereocenters. The summed E-state index contributed by atoms with van der Waals surface area (Å²) >= 11 is 0. The zero-order valence-electron chi connectivity index (χ0n) is 5.15. The molecule has 2 aliphatic rings. The monoisotopic (exact) mass is 106 g/mol. The van der Waals surface area contributed by atoms with Crippen molar-refractivity contribution in [3.63, 3.8) is 0 Å². The van der Waals surface area contributed by atoms with Gasteiger partial charge in [0.05, 0.1) is 0 Å². The molecule has 2 rings (SSSR count). The van der Waals surface area contributed by atoms with Crippen LogP contribution in [0.2, 0.25) is 0 Å². The van der Waals surface area contributed by atoms with E-state index in [0.717, 1.165) is 11.8 Å². The fourth-order valence-corrected chi connectivity index (χ4v) is 1.38. The fraction of sp³-hybridized carbons (Fsp3) is 0.625.